The quantitative estimate of drug-likeness (QED) is 0.358. The Bertz CT molecular complexity index is 1080. The molecular weight excluding hydrogens is 433 g/mol. The molecule has 0 bridgehead atoms. The Labute approximate surface area is 188 Å². The van der Waals surface area contributed by atoms with Crippen LogP contribution in [0.5, 0.6) is 0 Å². The Morgan fingerprint density at radius 3 is 2.47 bits per heavy atom. The van der Waals surface area contributed by atoms with E-state index in [-0.39, 0.29) is 24.5 Å². The normalized spacial score (nSPS) is 20.9. The van der Waals surface area contributed by atoms with Crippen LogP contribution in [0.25, 0.3) is 4.72 Å². The van der Waals surface area contributed by atoms with Gasteiger partial charge in [0.15, 0.2) is 12.4 Å². The summed E-state index contributed by atoms with van der Waals surface area (Å²) >= 11 is 0. The SMILES string of the molecule is CCOC(=O)[C@H]1C[C@@](C[n+]2ccccc2)([N-]S(=O)(=O)c2ccc(C)cc2)C(=O)N1B(C)O. The fourth-order valence-electron chi connectivity index (χ4n) is 3.82. The molecule has 0 spiro atoms. The average molecular weight is 459 g/mol. The first-order valence-corrected chi connectivity index (χ1v) is 11.7. The maximum absolute atomic E-state index is 13.5. The summed E-state index contributed by atoms with van der Waals surface area (Å²) in [6.45, 7) is 4.74. The van der Waals surface area contributed by atoms with Gasteiger partial charge in [-0.05, 0) is 39.2 Å². The molecule has 9 nitrogen and oxygen atoms in total. The number of pyridine rings is 1. The largest absolute Gasteiger partial charge is 0.526 e. The van der Waals surface area contributed by atoms with Crippen LogP contribution >= 0.6 is 0 Å². The van der Waals surface area contributed by atoms with E-state index in [2.05, 4.69) is 4.72 Å². The smallest absolute Gasteiger partial charge is 0.412 e. The lowest BCUT2D eigenvalue weighted by Gasteiger charge is -2.38. The summed E-state index contributed by atoms with van der Waals surface area (Å²) < 4.78 is 37.2. The minimum absolute atomic E-state index is 0.0588. The maximum atomic E-state index is 13.5. The Balaban J connectivity index is 2.07. The van der Waals surface area contributed by atoms with Crippen LogP contribution in [0.15, 0.2) is 59.8 Å². The van der Waals surface area contributed by atoms with Gasteiger partial charge in [0.1, 0.15) is 22.6 Å². The van der Waals surface area contributed by atoms with E-state index in [1.807, 2.05) is 6.92 Å². The molecule has 1 amide bonds. The highest BCUT2D eigenvalue weighted by atomic mass is 32.2. The van der Waals surface area contributed by atoms with E-state index in [4.69, 9.17) is 4.74 Å². The molecule has 0 unspecified atom stereocenters. The van der Waals surface area contributed by atoms with Crippen molar-refractivity contribution in [3.05, 3.63) is 65.1 Å². The van der Waals surface area contributed by atoms with Crippen molar-refractivity contribution < 1.29 is 32.3 Å². The van der Waals surface area contributed by atoms with E-state index >= 15 is 0 Å². The molecule has 32 heavy (non-hydrogen) atoms. The zero-order chi connectivity index (χ0) is 23.5. The molecule has 170 valence electrons. The fraction of sp³-hybridized carbons (Fsp3) is 0.381. The molecule has 0 aliphatic carbocycles. The third-order valence-electron chi connectivity index (χ3n) is 5.30. The van der Waals surface area contributed by atoms with Crippen LogP contribution in [-0.4, -0.2) is 55.4 Å². The monoisotopic (exact) mass is 459 g/mol. The van der Waals surface area contributed by atoms with Crippen LogP contribution in [0.4, 0.5) is 0 Å². The lowest BCUT2D eigenvalue weighted by Crippen LogP contribution is -2.54. The highest BCUT2D eigenvalue weighted by Gasteiger charge is 2.54. The number of nitrogens with zero attached hydrogens (tertiary/aromatic N) is 3. The van der Waals surface area contributed by atoms with Crippen molar-refractivity contribution in [3.63, 3.8) is 0 Å². The molecule has 0 radical (unpaired) electrons. The molecular formula is C21H26BN3O6S. The molecule has 1 N–H and O–H groups in total. The number of hydrogen-bond acceptors (Lipinski definition) is 6. The zero-order valence-corrected chi connectivity index (χ0v) is 19.0. The van der Waals surface area contributed by atoms with E-state index in [9.17, 15) is 23.0 Å². The number of aryl methyl sites for hydroxylation is 1. The summed E-state index contributed by atoms with van der Waals surface area (Å²) in [4.78, 5) is 27.0. The summed E-state index contributed by atoms with van der Waals surface area (Å²) in [7, 11) is -5.59. The maximum Gasteiger partial charge on any atom is 0.412 e. The lowest BCUT2D eigenvalue weighted by molar-refractivity contribution is -0.700. The van der Waals surface area contributed by atoms with E-state index in [1.165, 1.54) is 19.0 Å². The Kier molecular flexibility index (Phi) is 7.01. The molecule has 1 aliphatic heterocycles. The highest BCUT2D eigenvalue weighted by Crippen LogP contribution is 2.40. The summed E-state index contributed by atoms with van der Waals surface area (Å²) in [5.74, 6) is -1.47. The number of sulfonamides is 1. The van der Waals surface area contributed by atoms with Crippen molar-refractivity contribution in [3.8, 4) is 0 Å². The second-order valence-corrected chi connectivity index (χ2v) is 9.38. The van der Waals surface area contributed by atoms with E-state index in [1.54, 1.807) is 54.2 Å². The van der Waals surface area contributed by atoms with Gasteiger partial charge in [-0.1, -0.05) is 23.8 Å². The summed E-state index contributed by atoms with van der Waals surface area (Å²) in [6.07, 6.45) is 3.10. The van der Waals surface area contributed by atoms with Crippen molar-refractivity contribution in [2.24, 2.45) is 0 Å². The van der Waals surface area contributed by atoms with E-state index in [0.29, 0.717) is 0 Å². The van der Waals surface area contributed by atoms with Crippen LogP contribution in [0.1, 0.15) is 18.9 Å². The van der Waals surface area contributed by atoms with Crippen LogP contribution in [0, 0.1) is 6.92 Å². The zero-order valence-electron chi connectivity index (χ0n) is 18.2. The molecule has 3 rings (SSSR count). The molecule has 1 aromatic heterocycles. The number of esters is 1. The van der Waals surface area contributed by atoms with Gasteiger partial charge in [0, 0.05) is 22.6 Å². The van der Waals surface area contributed by atoms with Gasteiger partial charge < -0.3 is 19.3 Å². The number of amides is 1. The van der Waals surface area contributed by atoms with Gasteiger partial charge in [0.2, 0.25) is 5.91 Å². The third kappa shape index (κ3) is 4.84. The Morgan fingerprint density at radius 2 is 1.91 bits per heavy atom. The number of ether oxygens (including phenoxy) is 1. The minimum Gasteiger partial charge on any atom is -0.526 e. The van der Waals surface area contributed by atoms with Gasteiger partial charge in [0.05, 0.1) is 6.61 Å². The summed E-state index contributed by atoms with van der Waals surface area (Å²) in [6, 6.07) is 10.2. The highest BCUT2D eigenvalue weighted by molar-refractivity contribution is 7.94. The number of carbonyl (C=O) groups is 2. The predicted molar refractivity (Wildman–Crippen MR) is 117 cm³/mol. The first-order valence-electron chi connectivity index (χ1n) is 10.3. The second-order valence-electron chi connectivity index (χ2n) is 7.78. The molecule has 1 fully saturated rings. The third-order valence-corrected chi connectivity index (χ3v) is 6.75. The van der Waals surface area contributed by atoms with E-state index in [0.717, 1.165) is 10.4 Å². The van der Waals surface area contributed by atoms with Gasteiger partial charge in [-0.3, -0.25) is 4.79 Å². The van der Waals surface area contributed by atoms with Crippen LogP contribution in [-0.2, 0) is 30.9 Å². The first kappa shape index (κ1) is 23.9. The fourth-order valence-corrected chi connectivity index (χ4v) is 5.08. The van der Waals surface area contributed by atoms with Crippen molar-refractivity contribution in [2.75, 3.05) is 6.61 Å². The predicted octanol–water partition coefficient (Wildman–Crippen LogP) is 1.06. The van der Waals surface area contributed by atoms with Crippen LogP contribution < -0.4 is 4.57 Å². The Morgan fingerprint density at radius 1 is 1.28 bits per heavy atom. The van der Waals surface area contributed by atoms with E-state index < -0.39 is 40.5 Å². The van der Waals surface area contributed by atoms with Gasteiger partial charge in [-0.25, -0.2) is 17.8 Å². The van der Waals surface area contributed by atoms with Crippen molar-refractivity contribution >= 4 is 29.0 Å². The molecule has 0 saturated carbocycles. The van der Waals surface area contributed by atoms with Crippen molar-refractivity contribution in [1.29, 1.82) is 0 Å². The summed E-state index contributed by atoms with van der Waals surface area (Å²) in [5.41, 5.74) is -0.956. The molecule has 11 heteroatoms. The van der Waals surface area contributed by atoms with Gasteiger partial charge in [-0.2, -0.15) is 0 Å². The number of carbonyl (C=O) groups excluding carboxylic acids is 2. The topological polar surface area (TPSA) is 119 Å². The Hall–Kier alpha value is -2.76. The first-order chi connectivity index (χ1) is 15.1. The number of aromatic nitrogens is 1. The standard InChI is InChI=1S/C21H26BN3O6S/c1-4-31-19(26)18-14-21(20(27)25(18)22(3)28,15-24-12-6-5-7-13-24)23-32(29,30)17-10-8-16(2)9-11-17/h5-13,18,28H,4,14-15H2,1-3H3/t18-,21+/m1/s1. The molecule has 2 atom stereocenters. The van der Waals surface area contributed by atoms with Crippen molar-refractivity contribution in [1.82, 2.24) is 4.81 Å². The molecule has 1 saturated heterocycles. The molecule has 2 heterocycles. The lowest BCUT2D eigenvalue weighted by atomic mass is 9.84. The molecule has 2 aromatic rings. The molecule has 1 aliphatic rings. The van der Waals surface area contributed by atoms with Gasteiger partial charge in [-0.15, -0.1) is 0 Å². The average Bonchev–Trinajstić information content (AvgIpc) is 3.01. The van der Waals surface area contributed by atoms with Crippen LogP contribution in [0.3, 0.4) is 0 Å². The number of hydrogen-bond donors (Lipinski definition) is 1. The number of rotatable bonds is 8. The minimum atomic E-state index is -4.25. The number of benzene rings is 1. The summed E-state index contributed by atoms with van der Waals surface area (Å²) in [5, 5.41) is 10.3. The van der Waals surface area contributed by atoms with Gasteiger partial charge >= 0.3 is 13.0 Å². The van der Waals surface area contributed by atoms with Crippen molar-refractivity contribution in [2.45, 2.75) is 50.1 Å². The molecule has 1 aromatic carbocycles. The van der Waals surface area contributed by atoms with Gasteiger partial charge in [0.25, 0.3) is 0 Å². The van der Waals surface area contributed by atoms with Crippen LogP contribution in [0.2, 0.25) is 6.82 Å². The second kappa shape index (κ2) is 9.39.